The van der Waals surface area contributed by atoms with Crippen LogP contribution in [-0.4, -0.2) is 27.9 Å². The molecule has 27 heavy (non-hydrogen) atoms. The number of carbonyl (C=O) groups excluding carboxylic acids is 1. The van der Waals surface area contributed by atoms with Crippen molar-refractivity contribution in [3.05, 3.63) is 65.2 Å². The molecule has 5 unspecified atom stereocenters. The van der Waals surface area contributed by atoms with Crippen molar-refractivity contribution >= 4 is 5.78 Å². The van der Waals surface area contributed by atoms with E-state index in [0.717, 1.165) is 25.8 Å². The Hall–Kier alpha value is -2.13. The second-order valence-electron chi connectivity index (χ2n) is 8.55. The summed E-state index contributed by atoms with van der Waals surface area (Å²) >= 11 is 0. The Morgan fingerprint density at radius 3 is 2.70 bits per heavy atom. The minimum Gasteiger partial charge on any atom is -0.508 e. The second-order valence-corrected chi connectivity index (χ2v) is 8.55. The van der Waals surface area contributed by atoms with Crippen LogP contribution in [0.3, 0.4) is 0 Å². The lowest BCUT2D eigenvalue weighted by Crippen LogP contribution is -2.64. The highest BCUT2D eigenvalue weighted by atomic mass is 16.3. The van der Waals surface area contributed by atoms with Crippen molar-refractivity contribution in [2.45, 2.75) is 57.2 Å². The first-order chi connectivity index (χ1) is 13.2. The van der Waals surface area contributed by atoms with E-state index in [1.165, 1.54) is 16.7 Å². The van der Waals surface area contributed by atoms with Gasteiger partial charge in [0.1, 0.15) is 11.5 Å². The van der Waals surface area contributed by atoms with Gasteiger partial charge in [0.2, 0.25) is 0 Å². The molecular formula is C24H27NO2. The minimum atomic E-state index is 0.176. The molecule has 0 spiro atoms. The van der Waals surface area contributed by atoms with Crippen molar-refractivity contribution in [1.29, 1.82) is 0 Å². The fourth-order valence-corrected chi connectivity index (χ4v) is 6.10. The van der Waals surface area contributed by atoms with E-state index in [1.54, 1.807) is 0 Å². The van der Waals surface area contributed by atoms with Gasteiger partial charge in [0.25, 0.3) is 0 Å². The van der Waals surface area contributed by atoms with Crippen molar-refractivity contribution in [2.75, 3.05) is 0 Å². The Labute approximate surface area is 161 Å². The van der Waals surface area contributed by atoms with E-state index in [4.69, 9.17) is 0 Å². The highest BCUT2D eigenvalue weighted by Gasteiger charge is 2.55. The van der Waals surface area contributed by atoms with Crippen LogP contribution in [0.1, 0.15) is 48.8 Å². The molecule has 6 rings (SSSR count). The first-order valence-corrected chi connectivity index (χ1v) is 10.3. The standard InChI is InChI=1S/C24H27NO2/c1-2-24(27)21-12-20-19-13-23(21)25(14-15-6-4-3-5-7-15)22(20)10-16-8-9-17(26)11-18(16)19/h3-9,11,19-23,26H,2,10,12-14H2,1H3. The summed E-state index contributed by atoms with van der Waals surface area (Å²) in [6.07, 6.45) is 3.74. The number of phenolic OH excluding ortho intramolecular Hbond substituents is 1. The molecule has 2 heterocycles. The number of ketones is 1. The third-order valence-electron chi connectivity index (χ3n) is 7.28. The summed E-state index contributed by atoms with van der Waals surface area (Å²) in [5.74, 6) is 1.99. The number of piperidine rings is 2. The first-order valence-electron chi connectivity index (χ1n) is 10.3. The van der Waals surface area contributed by atoms with Gasteiger partial charge in [0.15, 0.2) is 0 Å². The van der Waals surface area contributed by atoms with Crippen LogP contribution in [0.5, 0.6) is 5.75 Å². The van der Waals surface area contributed by atoms with Gasteiger partial charge in [-0.05, 0) is 59.9 Å². The van der Waals surface area contributed by atoms with Gasteiger partial charge in [-0.2, -0.15) is 0 Å². The number of nitrogens with zero attached hydrogens (tertiary/aromatic N) is 1. The van der Waals surface area contributed by atoms with Crippen molar-refractivity contribution in [3.63, 3.8) is 0 Å². The molecule has 1 saturated carbocycles. The van der Waals surface area contributed by atoms with E-state index >= 15 is 0 Å². The van der Waals surface area contributed by atoms with Gasteiger partial charge >= 0.3 is 0 Å². The molecule has 3 heteroatoms. The SMILES string of the molecule is CCC(=O)C1CC2C3CC1N(Cc1ccccc1)C2Cc1ccc(O)cc13. The normalized spacial score (nSPS) is 31.5. The number of fused-ring (bicyclic) bond motifs is 2. The quantitative estimate of drug-likeness (QED) is 0.883. The number of Topliss-reactive ketones (excluding diaryl/α,β-unsaturated/α-hetero) is 1. The Bertz CT molecular complexity index is 862. The first kappa shape index (κ1) is 17.0. The van der Waals surface area contributed by atoms with Gasteiger partial charge in [-0.1, -0.05) is 43.3 Å². The summed E-state index contributed by atoms with van der Waals surface area (Å²) < 4.78 is 0. The molecule has 2 aromatic carbocycles. The fourth-order valence-electron chi connectivity index (χ4n) is 6.10. The molecule has 3 fully saturated rings. The largest absolute Gasteiger partial charge is 0.508 e. The lowest BCUT2D eigenvalue weighted by Gasteiger charge is -2.60. The molecule has 2 aliphatic carbocycles. The third kappa shape index (κ3) is 2.71. The van der Waals surface area contributed by atoms with Crippen LogP contribution in [0.4, 0.5) is 0 Å². The van der Waals surface area contributed by atoms with Crippen molar-refractivity contribution in [2.24, 2.45) is 11.8 Å². The molecule has 0 radical (unpaired) electrons. The molecule has 2 aliphatic heterocycles. The topological polar surface area (TPSA) is 40.5 Å². The molecule has 140 valence electrons. The Morgan fingerprint density at radius 1 is 1.11 bits per heavy atom. The van der Waals surface area contributed by atoms with Crippen LogP contribution in [0.2, 0.25) is 0 Å². The fraction of sp³-hybridized carbons (Fsp3) is 0.458. The Morgan fingerprint density at radius 2 is 1.93 bits per heavy atom. The maximum atomic E-state index is 12.7. The Balaban J connectivity index is 1.54. The van der Waals surface area contributed by atoms with Crippen LogP contribution in [0, 0.1) is 11.8 Å². The molecular weight excluding hydrogens is 334 g/mol. The molecule has 4 bridgehead atoms. The maximum absolute atomic E-state index is 12.7. The van der Waals surface area contributed by atoms with Crippen LogP contribution in [0.15, 0.2) is 48.5 Å². The number of hydrogen-bond acceptors (Lipinski definition) is 3. The number of phenols is 1. The van der Waals surface area contributed by atoms with E-state index in [-0.39, 0.29) is 5.92 Å². The van der Waals surface area contributed by atoms with Gasteiger partial charge in [-0.3, -0.25) is 9.69 Å². The average molecular weight is 361 g/mol. The highest BCUT2D eigenvalue weighted by molar-refractivity contribution is 5.82. The highest BCUT2D eigenvalue weighted by Crippen LogP contribution is 2.55. The van der Waals surface area contributed by atoms with Crippen LogP contribution in [0.25, 0.3) is 0 Å². The molecule has 5 atom stereocenters. The smallest absolute Gasteiger partial charge is 0.137 e. The zero-order valence-corrected chi connectivity index (χ0v) is 15.8. The second kappa shape index (κ2) is 6.49. The van der Waals surface area contributed by atoms with Crippen molar-refractivity contribution in [1.82, 2.24) is 4.90 Å². The monoisotopic (exact) mass is 361 g/mol. The van der Waals surface area contributed by atoms with Gasteiger partial charge in [0, 0.05) is 31.0 Å². The van der Waals surface area contributed by atoms with Crippen molar-refractivity contribution < 1.29 is 9.90 Å². The molecule has 0 aromatic heterocycles. The van der Waals surface area contributed by atoms with Crippen LogP contribution in [-0.2, 0) is 17.8 Å². The molecule has 2 saturated heterocycles. The summed E-state index contributed by atoms with van der Waals surface area (Å²) in [5, 5.41) is 10.0. The van der Waals surface area contributed by atoms with Crippen LogP contribution >= 0.6 is 0 Å². The summed E-state index contributed by atoms with van der Waals surface area (Å²) in [7, 11) is 0. The Kier molecular flexibility index (Phi) is 4.08. The summed E-state index contributed by atoms with van der Waals surface area (Å²) in [6.45, 7) is 2.93. The van der Waals surface area contributed by atoms with E-state index < -0.39 is 0 Å². The van der Waals surface area contributed by atoms with Gasteiger partial charge < -0.3 is 5.11 Å². The predicted octanol–water partition coefficient (Wildman–Crippen LogP) is 4.29. The zero-order chi connectivity index (χ0) is 18.5. The van der Waals surface area contributed by atoms with Gasteiger partial charge in [-0.25, -0.2) is 0 Å². The van der Waals surface area contributed by atoms with Gasteiger partial charge in [0.05, 0.1) is 0 Å². The lowest BCUT2D eigenvalue weighted by molar-refractivity contribution is -0.137. The summed E-state index contributed by atoms with van der Waals surface area (Å²) in [4.78, 5) is 15.4. The number of hydrogen-bond donors (Lipinski definition) is 1. The number of aromatic hydroxyl groups is 1. The van der Waals surface area contributed by atoms with Crippen LogP contribution < -0.4 is 0 Å². The van der Waals surface area contributed by atoms with E-state index in [0.29, 0.717) is 41.9 Å². The molecule has 0 amide bonds. The van der Waals surface area contributed by atoms with Gasteiger partial charge in [-0.15, -0.1) is 0 Å². The lowest BCUT2D eigenvalue weighted by atomic mass is 9.56. The number of rotatable bonds is 4. The number of benzene rings is 2. The predicted molar refractivity (Wildman–Crippen MR) is 106 cm³/mol. The van der Waals surface area contributed by atoms with E-state index in [9.17, 15) is 9.90 Å². The number of carbonyl (C=O) groups is 1. The molecule has 4 aliphatic rings. The third-order valence-corrected chi connectivity index (χ3v) is 7.28. The summed E-state index contributed by atoms with van der Waals surface area (Å²) in [6, 6.07) is 17.4. The summed E-state index contributed by atoms with van der Waals surface area (Å²) in [5.41, 5.74) is 4.06. The molecule has 2 aromatic rings. The van der Waals surface area contributed by atoms with E-state index in [1.807, 2.05) is 19.1 Å². The minimum absolute atomic E-state index is 0.176. The molecule has 3 nitrogen and oxygen atoms in total. The molecule has 1 N–H and O–H groups in total. The zero-order valence-electron chi connectivity index (χ0n) is 15.8. The maximum Gasteiger partial charge on any atom is 0.137 e. The average Bonchev–Trinajstić information content (AvgIpc) is 2.70. The van der Waals surface area contributed by atoms with Crippen molar-refractivity contribution in [3.8, 4) is 5.75 Å². The van der Waals surface area contributed by atoms with E-state index in [2.05, 4.69) is 41.3 Å².